The first-order chi connectivity index (χ1) is 7.15. The number of halogens is 3. The Hall–Kier alpha value is -0.800. The van der Waals surface area contributed by atoms with Crippen molar-refractivity contribution in [3.63, 3.8) is 0 Å². The molecule has 2 nitrogen and oxygen atoms in total. The summed E-state index contributed by atoms with van der Waals surface area (Å²) in [6.45, 7) is 0.414. The van der Waals surface area contributed by atoms with Crippen LogP contribution in [0.4, 0.5) is 4.39 Å². The molecular weight excluding hydrogens is 242 g/mol. The van der Waals surface area contributed by atoms with Crippen LogP contribution in [0.3, 0.4) is 0 Å². The average Bonchev–Trinajstić information content (AvgIpc) is 2.17. The summed E-state index contributed by atoms with van der Waals surface area (Å²) in [7, 11) is 0. The summed E-state index contributed by atoms with van der Waals surface area (Å²) in [5.74, 6) is 0.165. The number of hydrogen-bond donors (Lipinski definition) is 0. The predicted molar refractivity (Wildman–Crippen MR) is 57.4 cm³/mol. The van der Waals surface area contributed by atoms with Crippen LogP contribution in [0, 0.1) is 5.82 Å². The van der Waals surface area contributed by atoms with Gasteiger partial charge in [-0.05, 0) is 30.2 Å². The van der Waals surface area contributed by atoms with Crippen molar-refractivity contribution in [3.05, 3.63) is 29.6 Å². The van der Waals surface area contributed by atoms with Crippen LogP contribution in [0.15, 0.2) is 18.2 Å². The summed E-state index contributed by atoms with van der Waals surface area (Å²) in [6, 6.07) is 3.91. The fourth-order valence-electron chi connectivity index (χ4n) is 0.990. The largest absolute Gasteiger partial charge is 0.493 e. The second kappa shape index (κ2) is 5.93. The van der Waals surface area contributed by atoms with Crippen LogP contribution in [0.2, 0.25) is 0 Å². The second-order valence-corrected chi connectivity index (χ2v) is 3.53. The van der Waals surface area contributed by atoms with Crippen molar-refractivity contribution in [3.8, 4) is 5.75 Å². The van der Waals surface area contributed by atoms with Crippen LogP contribution < -0.4 is 4.74 Å². The molecule has 0 aliphatic carbocycles. The third-order valence-electron chi connectivity index (χ3n) is 1.70. The molecular formula is C10H9Cl2FO2. The van der Waals surface area contributed by atoms with Gasteiger partial charge in [0.05, 0.1) is 12.2 Å². The lowest BCUT2D eigenvalue weighted by atomic mass is 10.2. The molecule has 0 amide bonds. The third kappa shape index (κ3) is 3.68. The van der Waals surface area contributed by atoms with Gasteiger partial charge in [-0.3, -0.25) is 4.79 Å². The summed E-state index contributed by atoms with van der Waals surface area (Å²) in [6.07, 6.45) is 0.680. The van der Waals surface area contributed by atoms with Crippen molar-refractivity contribution in [1.29, 1.82) is 0 Å². The van der Waals surface area contributed by atoms with Gasteiger partial charge in [-0.1, -0.05) is 0 Å². The Morgan fingerprint density at radius 1 is 1.47 bits per heavy atom. The minimum Gasteiger partial charge on any atom is -0.493 e. The molecule has 0 atom stereocenters. The van der Waals surface area contributed by atoms with Gasteiger partial charge in [0.15, 0.2) is 0 Å². The summed E-state index contributed by atoms with van der Waals surface area (Å²) < 4.78 is 18.4. The van der Waals surface area contributed by atoms with Crippen LogP contribution in [0.5, 0.6) is 5.75 Å². The van der Waals surface area contributed by atoms with Crippen LogP contribution in [0.1, 0.15) is 16.8 Å². The van der Waals surface area contributed by atoms with Crippen LogP contribution in [-0.2, 0) is 0 Å². The average molecular weight is 251 g/mol. The maximum atomic E-state index is 13.2. The second-order valence-electron chi connectivity index (χ2n) is 2.81. The van der Waals surface area contributed by atoms with Crippen molar-refractivity contribution in [2.75, 3.05) is 12.5 Å². The van der Waals surface area contributed by atoms with E-state index in [-0.39, 0.29) is 5.56 Å². The fraction of sp³-hybridized carbons (Fsp3) is 0.300. The molecule has 0 N–H and O–H groups in total. The molecule has 0 saturated heterocycles. The maximum absolute atomic E-state index is 13.2. The molecule has 0 saturated carbocycles. The Morgan fingerprint density at radius 3 is 2.73 bits per heavy atom. The molecule has 0 aliphatic rings. The zero-order chi connectivity index (χ0) is 11.3. The van der Waals surface area contributed by atoms with Gasteiger partial charge in [-0.15, -0.1) is 11.6 Å². The molecule has 0 heterocycles. The Morgan fingerprint density at radius 2 is 2.20 bits per heavy atom. The van der Waals surface area contributed by atoms with E-state index in [9.17, 15) is 9.18 Å². The lowest BCUT2D eigenvalue weighted by molar-refractivity contribution is 0.107. The molecule has 5 heteroatoms. The standard InChI is InChI=1S/C10H9Cl2FO2/c11-4-1-5-15-7-2-3-8(10(12)14)9(13)6-7/h2-3,6H,1,4-5H2. The van der Waals surface area contributed by atoms with Crippen molar-refractivity contribution in [2.24, 2.45) is 0 Å². The Kier molecular flexibility index (Phi) is 4.85. The molecule has 0 aromatic heterocycles. The smallest absolute Gasteiger partial charge is 0.255 e. The minimum atomic E-state index is -0.820. The van der Waals surface area contributed by atoms with Gasteiger partial charge in [0.2, 0.25) is 0 Å². The normalized spacial score (nSPS) is 10.1. The predicted octanol–water partition coefficient (Wildman–Crippen LogP) is 3.21. The van der Waals surface area contributed by atoms with E-state index in [4.69, 9.17) is 27.9 Å². The quantitative estimate of drug-likeness (QED) is 0.456. The number of hydrogen-bond acceptors (Lipinski definition) is 2. The van der Waals surface area contributed by atoms with Crippen molar-refractivity contribution >= 4 is 28.4 Å². The van der Waals surface area contributed by atoms with Gasteiger partial charge in [0, 0.05) is 11.9 Å². The first kappa shape index (κ1) is 12.3. The zero-order valence-electron chi connectivity index (χ0n) is 7.80. The van der Waals surface area contributed by atoms with Gasteiger partial charge < -0.3 is 4.74 Å². The number of rotatable bonds is 5. The Bertz CT molecular complexity index is 355. The lowest BCUT2D eigenvalue weighted by Gasteiger charge is -2.05. The highest BCUT2D eigenvalue weighted by Crippen LogP contribution is 2.18. The molecule has 0 aliphatic heterocycles. The number of carbonyl (C=O) groups is 1. The van der Waals surface area contributed by atoms with E-state index in [1.54, 1.807) is 0 Å². The van der Waals surface area contributed by atoms with Crippen LogP contribution in [-0.4, -0.2) is 17.7 Å². The minimum absolute atomic E-state index is 0.152. The molecule has 1 aromatic rings. The molecule has 0 bridgehead atoms. The molecule has 0 unspecified atom stereocenters. The van der Waals surface area contributed by atoms with Gasteiger partial charge in [-0.2, -0.15) is 0 Å². The van der Waals surface area contributed by atoms with Crippen LogP contribution >= 0.6 is 23.2 Å². The highest BCUT2D eigenvalue weighted by Gasteiger charge is 2.09. The lowest BCUT2D eigenvalue weighted by Crippen LogP contribution is -2.00. The number of carbonyl (C=O) groups excluding carboxylic acids is 1. The van der Waals surface area contributed by atoms with Gasteiger partial charge >= 0.3 is 0 Å². The molecule has 0 radical (unpaired) electrons. The first-order valence-electron chi connectivity index (χ1n) is 4.33. The summed E-state index contributed by atoms with van der Waals surface area (Å²) >= 11 is 10.6. The molecule has 0 fully saturated rings. The van der Waals surface area contributed by atoms with Gasteiger partial charge in [0.25, 0.3) is 5.24 Å². The molecule has 1 aromatic carbocycles. The highest BCUT2D eigenvalue weighted by molar-refractivity contribution is 6.67. The maximum Gasteiger partial charge on any atom is 0.255 e. The number of ether oxygens (including phenoxy) is 1. The molecule has 82 valence electrons. The van der Waals surface area contributed by atoms with Crippen molar-refractivity contribution in [1.82, 2.24) is 0 Å². The van der Waals surface area contributed by atoms with E-state index in [0.717, 1.165) is 6.07 Å². The van der Waals surface area contributed by atoms with E-state index in [1.807, 2.05) is 0 Å². The summed E-state index contributed by atoms with van der Waals surface area (Å²) in [5.41, 5.74) is -0.152. The number of benzene rings is 1. The van der Waals surface area contributed by atoms with E-state index in [1.165, 1.54) is 12.1 Å². The Balaban J connectivity index is 2.69. The molecule has 1 rings (SSSR count). The van der Waals surface area contributed by atoms with Crippen molar-refractivity contribution in [2.45, 2.75) is 6.42 Å². The highest BCUT2D eigenvalue weighted by atomic mass is 35.5. The first-order valence-corrected chi connectivity index (χ1v) is 5.24. The molecule has 0 spiro atoms. The van der Waals surface area contributed by atoms with E-state index in [2.05, 4.69) is 0 Å². The van der Waals surface area contributed by atoms with E-state index in [0.29, 0.717) is 24.7 Å². The SMILES string of the molecule is O=C(Cl)c1ccc(OCCCCl)cc1F. The van der Waals surface area contributed by atoms with Gasteiger partial charge in [-0.25, -0.2) is 4.39 Å². The Labute approximate surface area is 96.9 Å². The third-order valence-corrected chi connectivity index (χ3v) is 2.17. The number of alkyl halides is 1. The monoisotopic (exact) mass is 250 g/mol. The molecule has 15 heavy (non-hydrogen) atoms. The summed E-state index contributed by atoms with van der Waals surface area (Å²) in [5, 5.41) is -0.820. The zero-order valence-corrected chi connectivity index (χ0v) is 9.32. The van der Waals surface area contributed by atoms with Crippen LogP contribution in [0.25, 0.3) is 0 Å². The van der Waals surface area contributed by atoms with Gasteiger partial charge in [0.1, 0.15) is 11.6 Å². The summed E-state index contributed by atoms with van der Waals surface area (Å²) in [4.78, 5) is 10.7. The van der Waals surface area contributed by atoms with Crippen molar-refractivity contribution < 1.29 is 13.9 Å². The topological polar surface area (TPSA) is 26.3 Å². The fourth-order valence-corrected chi connectivity index (χ4v) is 1.25. The van der Waals surface area contributed by atoms with E-state index >= 15 is 0 Å². The van der Waals surface area contributed by atoms with E-state index < -0.39 is 11.1 Å².